The van der Waals surface area contributed by atoms with Crippen molar-refractivity contribution in [1.82, 2.24) is 15.1 Å². The standard InChI is InChI=1S/C29H35N3O3/c1-35-26-14-12-23(13-15-26)22-30-29(34)27(16-21-33)31-17-19-32(20-18-31)28(24-8-4-2-5-9-24)25-10-6-3-7-11-25/h2-15,27-28,33H,16-22H2,1H3,(H,30,34). The molecule has 35 heavy (non-hydrogen) atoms. The Bertz CT molecular complexity index is 996. The molecule has 3 aromatic rings. The molecule has 1 fully saturated rings. The maximum absolute atomic E-state index is 13.1. The number of nitrogens with zero attached hydrogens (tertiary/aromatic N) is 2. The molecule has 3 aromatic carbocycles. The number of hydrogen-bond acceptors (Lipinski definition) is 5. The fraction of sp³-hybridized carbons (Fsp3) is 0.345. The van der Waals surface area contributed by atoms with Crippen LogP contribution in [0.15, 0.2) is 84.9 Å². The van der Waals surface area contributed by atoms with Crippen LogP contribution in [-0.2, 0) is 11.3 Å². The first-order valence-electron chi connectivity index (χ1n) is 12.3. The Morgan fingerprint density at radius 2 is 1.40 bits per heavy atom. The summed E-state index contributed by atoms with van der Waals surface area (Å²) in [7, 11) is 1.64. The molecule has 0 bridgehead atoms. The molecule has 0 spiro atoms. The first-order valence-corrected chi connectivity index (χ1v) is 12.3. The third-order valence-corrected chi connectivity index (χ3v) is 6.72. The van der Waals surface area contributed by atoms with Crippen molar-refractivity contribution in [3.63, 3.8) is 0 Å². The van der Waals surface area contributed by atoms with E-state index in [0.717, 1.165) is 37.5 Å². The Morgan fingerprint density at radius 3 is 1.91 bits per heavy atom. The van der Waals surface area contributed by atoms with Gasteiger partial charge in [-0.15, -0.1) is 0 Å². The predicted octanol–water partition coefficient (Wildman–Crippen LogP) is 3.47. The van der Waals surface area contributed by atoms with Crippen molar-refractivity contribution in [2.75, 3.05) is 39.9 Å². The number of amides is 1. The summed E-state index contributed by atoms with van der Waals surface area (Å²) >= 11 is 0. The molecule has 0 saturated carbocycles. The van der Waals surface area contributed by atoms with E-state index in [1.54, 1.807) is 7.11 Å². The lowest BCUT2D eigenvalue weighted by atomic mass is 9.96. The smallest absolute Gasteiger partial charge is 0.237 e. The van der Waals surface area contributed by atoms with Crippen molar-refractivity contribution in [3.8, 4) is 5.75 Å². The van der Waals surface area contributed by atoms with Gasteiger partial charge in [-0.1, -0.05) is 72.8 Å². The number of hydrogen-bond donors (Lipinski definition) is 2. The highest BCUT2D eigenvalue weighted by Crippen LogP contribution is 2.29. The molecule has 0 aromatic heterocycles. The fourth-order valence-corrected chi connectivity index (χ4v) is 4.84. The number of piperazine rings is 1. The zero-order valence-corrected chi connectivity index (χ0v) is 20.3. The van der Waals surface area contributed by atoms with Gasteiger partial charge in [-0.05, 0) is 35.2 Å². The predicted molar refractivity (Wildman–Crippen MR) is 138 cm³/mol. The van der Waals surface area contributed by atoms with E-state index in [1.165, 1.54) is 11.1 Å². The van der Waals surface area contributed by atoms with Crippen molar-refractivity contribution in [2.45, 2.75) is 25.0 Å². The maximum atomic E-state index is 13.1. The highest BCUT2D eigenvalue weighted by molar-refractivity contribution is 5.81. The maximum Gasteiger partial charge on any atom is 0.237 e. The Hall–Kier alpha value is -3.19. The van der Waals surface area contributed by atoms with Crippen molar-refractivity contribution >= 4 is 5.91 Å². The van der Waals surface area contributed by atoms with E-state index in [4.69, 9.17) is 4.74 Å². The summed E-state index contributed by atoms with van der Waals surface area (Å²) in [4.78, 5) is 17.8. The number of aliphatic hydroxyl groups is 1. The van der Waals surface area contributed by atoms with Gasteiger partial charge < -0.3 is 15.2 Å². The van der Waals surface area contributed by atoms with Gasteiger partial charge in [0.2, 0.25) is 5.91 Å². The van der Waals surface area contributed by atoms with Crippen LogP contribution in [0.3, 0.4) is 0 Å². The molecule has 1 aliphatic heterocycles. The summed E-state index contributed by atoms with van der Waals surface area (Å²) in [5, 5.41) is 12.7. The summed E-state index contributed by atoms with van der Waals surface area (Å²) in [5.41, 5.74) is 3.56. The largest absolute Gasteiger partial charge is 0.497 e. The molecular formula is C29H35N3O3. The second kappa shape index (κ2) is 12.5. The Morgan fingerprint density at radius 1 is 0.857 bits per heavy atom. The number of nitrogens with one attached hydrogen (secondary N) is 1. The number of carbonyl (C=O) groups is 1. The summed E-state index contributed by atoms with van der Waals surface area (Å²) in [6, 6.07) is 28.7. The van der Waals surface area contributed by atoms with E-state index in [1.807, 2.05) is 36.4 Å². The Kier molecular flexibility index (Phi) is 8.90. The minimum atomic E-state index is -0.340. The number of carbonyl (C=O) groups excluding carboxylic acids is 1. The molecule has 1 unspecified atom stereocenters. The molecule has 4 rings (SSSR count). The summed E-state index contributed by atoms with van der Waals surface area (Å²) in [5.74, 6) is 0.756. The number of methoxy groups -OCH3 is 1. The zero-order valence-electron chi connectivity index (χ0n) is 20.3. The highest BCUT2D eigenvalue weighted by atomic mass is 16.5. The molecule has 6 heteroatoms. The number of ether oxygens (including phenoxy) is 1. The number of rotatable bonds is 10. The number of benzene rings is 3. The average molecular weight is 474 g/mol. The lowest BCUT2D eigenvalue weighted by Gasteiger charge is -2.42. The Labute approximate surface area is 208 Å². The quantitative estimate of drug-likeness (QED) is 0.472. The average Bonchev–Trinajstić information content (AvgIpc) is 2.92. The third kappa shape index (κ3) is 6.48. The highest BCUT2D eigenvalue weighted by Gasteiger charge is 2.31. The number of aliphatic hydroxyl groups excluding tert-OH is 1. The van der Waals surface area contributed by atoms with Gasteiger partial charge in [0.05, 0.1) is 19.2 Å². The van der Waals surface area contributed by atoms with Gasteiger partial charge in [-0.2, -0.15) is 0 Å². The van der Waals surface area contributed by atoms with Crippen LogP contribution in [0.5, 0.6) is 5.75 Å². The van der Waals surface area contributed by atoms with Crippen LogP contribution in [0.2, 0.25) is 0 Å². The van der Waals surface area contributed by atoms with Gasteiger partial charge in [-0.3, -0.25) is 14.6 Å². The van der Waals surface area contributed by atoms with Gasteiger partial charge in [0.25, 0.3) is 0 Å². The molecule has 6 nitrogen and oxygen atoms in total. The summed E-state index contributed by atoms with van der Waals surface area (Å²) in [6.07, 6.45) is 0.426. The lowest BCUT2D eigenvalue weighted by molar-refractivity contribution is -0.128. The van der Waals surface area contributed by atoms with E-state index in [0.29, 0.717) is 13.0 Å². The van der Waals surface area contributed by atoms with E-state index >= 15 is 0 Å². The minimum Gasteiger partial charge on any atom is -0.497 e. The summed E-state index contributed by atoms with van der Waals surface area (Å²) < 4.78 is 5.20. The van der Waals surface area contributed by atoms with Crippen molar-refractivity contribution in [2.24, 2.45) is 0 Å². The van der Waals surface area contributed by atoms with Crippen molar-refractivity contribution in [3.05, 3.63) is 102 Å². The molecule has 1 saturated heterocycles. The van der Waals surface area contributed by atoms with Gasteiger partial charge in [-0.25, -0.2) is 0 Å². The normalized spacial score (nSPS) is 15.6. The van der Waals surface area contributed by atoms with Crippen LogP contribution in [0.4, 0.5) is 0 Å². The molecular weight excluding hydrogens is 438 g/mol. The SMILES string of the molecule is COc1ccc(CNC(=O)C(CCO)N2CCN(C(c3ccccc3)c3ccccc3)CC2)cc1. The molecule has 1 heterocycles. The molecule has 1 amide bonds. The van der Waals surface area contributed by atoms with Gasteiger partial charge in [0.1, 0.15) is 5.75 Å². The Balaban J connectivity index is 1.40. The van der Waals surface area contributed by atoms with Crippen molar-refractivity contribution < 1.29 is 14.6 Å². The second-order valence-corrected chi connectivity index (χ2v) is 8.89. The topological polar surface area (TPSA) is 65.0 Å². The molecule has 184 valence electrons. The first-order chi connectivity index (χ1) is 17.2. The van der Waals surface area contributed by atoms with Crippen LogP contribution < -0.4 is 10.1 Å². The molecule has 1 aliphatic rings. The van der Waals surface area contributed by atoms with Crippen LogP contribution in [0.25, 0.3) is 0 Å². The zero-order chi connectivity index (χ0) is 24.5. The van der Waals surface area contributed by atoms with E-state index < -0.39 is 0 Å². The first kappa shape index (κ1) is 24.9. The monoisotopic (exact) mass is 473 g/mol. The fourth-order valence-electron chi connectivity index (χ4n) is 4.84. The van der Waals surface area contributed by atoms with Crippen LogP contribution in [0.1, 0.15) is 29.2 Å². The van der Waals surface area contributed by atoms with Crippen LogP contribution in [0, 0.1) is 0 Å². The minimum absolute atomic E-state index is 0.0164. The van der Waals surface area contributed by atoms with Gasteiger partial charge in [0.15, 0.2) is 0 Å². The lowest BCUT2D eigenvalue weighted by Crippen LogP contribution is -2.55. The second-order valence-electron chi connectivity index (χ2n) is 8.89. The van der Waals surface area contributed by atoms with Gasteiger partial charge >= 0.3 is 0 Å². The van der Waals surface area contributed by atoms with Gasteiger partial charge in [0, 0.05) is 39.3 Å². The van der Waals surface area contributed by atoms with E-state index in [2.05, 4.69) is 63.6 Å². The van der Waals surface area contributed by atoms with E-state index in [-0.39, 0.29) is 24.6 Å². The molecule has 1 atom stereocenters. The van der Waals surface area contributed by atoms with Crippen LogP contribution >= 0.6 is 0 Å². The molecule has 2 N–H and O–H groups in total. The van der Waals surface area contributed by atoms with E-state index in [9.17, 15) is 9.90 Å². The third-order valence-electron chi connectivity index (χ3n) is 6.72. The molecule has 0 aliphatic carbocycles. The van der Waals surface area contributed by atoms with Crippen molar-refractivity contribution in [1.29, 1.82) is 0 Å². The molecule has 0 radical (unpaired) electrons. The summed E-state index contributed by atoms with van der Waals surface area (Å²) in [6.45, 7) is 3.68. The van der Waals surface area contributed by atoms with Crippen LogP contribution in [-0.4, -0.2) is 66.8 Å².